The molecule has 1 atom stereocenters. The average molecular weight is 208 g/mol. The van der Waals surface area contributed by atoms with Crippen LogP contribution in [0.4, 0.5) is 0 Å². The number of amides is 1. The molecule has 0 aliphatic rings. The summed E-state index contributed by atoms with van der Waals surface area (Å²) in [6, 6.07) is 3.54. The third-order valence-corrected chi connectivity index (χ3v) is 2.03. The molecule has 0 saturated carbocycles. The van der Waals surface area contributed by atoms with Gasteiger partial charge in [-0.1, -0.05) is 0 Å². The lowest BCUT2D eigenvalue weighted by atomic mass is 10.1. The van der Waals surface area contributed by atoms with E-state index in [9.17, 15) is 4.79 Å². The van der Waals surface area contributed by atoms with Crippen LogP contribution in [0.3, 0.4) is 0 Å². The van der Waals surface area contributed by atoms with Crippen LogP contribution in [0.5, 0.6) is 0 Å². The first-order valence-electron chi connectivity index (χ1n) is 4.91. The molecule has 1 aromatic heterocycles. The molecule has 1 aromatic rings. The van der Waals surface area contributed by atoms with Gasteiger partial charge in [-0.15, -0.1) is 0 Å². The van der Waals surface area contributed by atoms with E-state index in [2.05, 4.69) is 10.3 Å². The minimum Gasteiger partial charge on any atom is -0.392 e. The van der Waals surface area contributed by atoms with Crippen molar-refractivity contribution >= 4 is 5.91 Å². The minimum atomic E-state index is -0.535. The predicted octanol–water partition coefficient (Wildman–Crippen LogP) is 0.809. The molecule has 15 heavy (non-hydrogen) atoms. The van der Waals surface area contributed by atoms with E-state index in [0.29, 0.717) is 11.3 Å². The van der Waals surface area contributed by atoms with E-state index in [-0.39, 0.29) is 12.5 Å². The molecule has 1 rings (SSSR count). The topological polar surface area (TPSA) is 62.2 Å². The summed E-state index contributed by atoms with van der Waals surface area (Å²) in [7, 11) is 0. The quantitative estimate of drug-likeness (QED) is 0.772. The molecule has 1 unspecified atom stereocenters. The number of carbonyl (C=O) groups is 1. The Hall–Kier alpha value is -1.42. The molecule has 4 nitrogen and oxygen atoms in total. The van der Waals surface area contributed by atoms with Gasteiger partial charge in [-0.05, 0) is 32.9 Å². The van der Waals surface area contributed by atoms with Gasteiger partial charge in [-0.3, -0.25) is 9.78 Å². The Bertz CT molecular complexity index is 362. The maximum absolute atomic E-state index is 11.6. The zero-order valence-corrected chi connectivity index (χ0v) is 9.24. The number of aliphatic hydroxyl groups is 1. The van der Waals surface area contributed by atoms with Crippen LogP contribution in [0.2, 0.25) is 0 Å². The van der Waals surface area contributed by atoms with E-state index in [1.54, 1.807) is 26.0 Å². The van der Waals surface area contributed by atoms with E-state index >= 15 is 0 Å². The summed E-state index contributed by atoms with van der Waals surface area (Å²) in [5, 5.41) is 11.7. The first-order valence-corrected chi connectivity index (χ1v) is 4.91. The molecule has 0 radical (unpaired) electrons. The minimum absolute atomic E-state index is 0.194. The molecule has 0 aliphatic carbocycles. The lowest BCUT2D eigenvalue weighted by Crippen LogP contribution is -2.31. The zero-order chi connectivity index (χ0) is 11.4. The van der Waals surface area contributed by atoms with Crippen LogP contribution < -0.4 is 5.32 Å². The van der Waals surface area contributed by atoms with Crippen molar-refractivity contribution in [2.24, 2.45) is 0 Å². The molecule has 0 saturated heterocycles. The fraction of sp³-hybridized carbons (Fsp3) is 0.455. The summed E-state index contributed by atoms with van der Waals surface area (Å²) in [4.78, 5) is 15.8. The molecule has 0 bridgehead atoms. The maximum Gasteiger partial charge on any atom is 0.253 e. The van der Waals surface area contributed by atoms with Crippen LogP contribution in [-0.4, -0.2) is 28.6 Å². The van der Waals surface area contributed by atoms with Gasteiger partial charge in [0.05, 0.1) is 17.4 Å². The van der Waals surface area contributed by atoms with E-state index in [4.69, 9.17) is 5.11 Å². The third-order valence-electron chi connectivity index (χ3n) is 2.03. The molecule has 0 aliphatic heterocycles. The molecule has 0 fully saturated rings. The average Bonchev–Trinajstić information content (AvgIpc) is 2.14. The van der Waals surface area contributed by atoms with Gasteiger partial charge in [0.15, 0.2) is 0 Å². The van der Waals surface area contributed by atoms with Crippen molar-refractivity contribution in [2.75, 3.05) is 6.54 Å². The first-order chi connectivity index (χ1) is 7.00. The number of rotatable bonds is 3. The van der Waals surface area contributed by atoms with Crippen molar-refractivity contribution in [2.45, 2.75) is 26.9 Å². The largest absolute Gasteiger partial charge is 0.392 e. The van der Waals surface area contributed by atoms with Crippen LogP contribution in [-0.2, 0) is 0 Å². The standard InChI is InChI=1S/C11H16N2O2/c1-7-4-5-10(9(3)13-7)11(15)12-6-8(2)14/h4-5,8,14H,6H2,1-3H3,(H,12,15). The smallest absolute Gasteiger partial charge is 0.253 e. The van der Waals surface area contributed by atoms with E-state index in [1.165, 1.54) is 0 Å². The van der Waals surface area contributed by atoms with E-state index in [1.807, 2.05) is 6.92 Å². The van der Waals surface area contributed by atoms with Crippen molar-refractivity contribution in [3.63, 3.8) is 0 Å². The highest BCUT2D eigenvalue weighted by Gasteiger charge is 2.09. The van der Waals surface area contributed by atoms with Gasteiger partial charge in [-0.25, -0.2) is 0 Å². The predicted molar refractivity (Wildman–Crippen MR) is 57.7 cm³/mol. The number of nitrogens with zero attached hydrogens (tertiary/aromatic N) is 1. The Labute approximate surface area is 89.3 Å². The molecule has 82 valence electrons. The normalized spacial score (nSPS) is 12.3. The molecule has 0 aromatic carbocycles. The monoisotopic (exact) mass is 208 g/mol. The number of aliphatic hydroxyl groups excluding tert-OH is 1. The number of hydrogen-bond acceptors (Lipinski definition) is 3. The van der Waals surface area contributed by atoms with Gasteiger partial charge in [0.25, 0.3) is 5.91 Å². The number of pyridine rings is 1. The summed E-state index contributed by atoms with van der Waals surface area (Å²) in [5.41, 5.74) is 2.15. The number of aryl methyl sites for hydroxylation is 2. The van der Waals surface area contributed by atoms with Crippen molar-refractivity contribution in [3.05, 3.63) is 29.1 Å². The number of hydrogen-bond donors (Lipinski definition) is 2. The van der Waals surface area contributed by atoms with Gasteiger partial charge in [0, 0.05) is 12.2 Å². The highest BCUT2D eigenvalue weighted by Crippen LogP contribution is 2.05. The SMILES string of the molecule is Cc1ccc(C(=O)NCC(C)O)c(C)n1. The van der Waals surface area contributed by atoms with E-state index in [0.717, 1.165) is 5.69 Å². The second-order valence-electron chi connectivity index (χ2n) is 3.64. The van der Waals surface area contributed by atoms with Crippen molar-refractivity contribution in [3.8, 4) is 0 Å². The highest BCUT2D eigenvalue weighted by atomic mass is 16.3. The third kappa shape index (κ3) is 3.32. The summed E-state index contributed by atoms with van der Waals surface area (Å²) >= 11 is 0. The van der Waals surface area contributed by atoms with Crippen LogP contribution >= 0.6 is 0 Å². The second-order valence-corrected chi connectivity index (χ2v) is 3.64. The summed E-state index contributed by atoms with van der Waals surface area (Å²) in [5.74, 6) is -0.194. The Balaban J connectivity index is 2.74. The van der Waals surface area contributed by atoms with Gasteiger partial charge in [0.1, 0.15) is 0 Å². The van der Waals surface area contributed by atoms with Gasteiger partial charge in [0.2, 0.25) is 0 Å². The van der Waals surface area contributed by atoms with Crippen LogP contribution in [0.15, 0.2) is 12.1 Å². The molecule has 0 spiro atoms. The fourth-order valence-corrected chi connectivity index (χ4v) is 1.26. The zero-order valence-electron chi connectivity index (χ0n) is 9.24. The molecule has 4 heteroatoms. The summed E-state index contributed by atoms with van der Waals surface area (Å²) in [6.07, 6.45) is -0.535. The number of aromatic nitrogens is 1. The van der Waals surface area contributed by atoms with Crippen LogP contribution in [0.1, 0.15) is 28.7 Å². The highest BCUT2D eigenvalue weighted by molar-refractivity contribution is 5.95. The molecule has 1 amide bonds. The lowest BCUT2D eigenvalue weighted by Gasteiger charge is -2.08. The van der Waals surface area contributed by atoms with Crippen molar-refractivity contribution < 1.29 is 9.90 Å². The van der Waals surface area contributed by atoms with Gasteiger partial charge >= 0.3 is 0 Å². The first kappa shape index (κ1) is 11.7. The Morgan fingerprint density at radius 1 is 1.53 bits per heavy atom. The molecular formula is C11H16N2O2. The molecular weight excluding hydrogens is 192 g/mol. The maximum atomic E-state index is 11.6. The van der Waals surface area contributed by atoms with Crippen LogP contribution in [0, 0.1) is 13.8 Å². The van der Waals surface area contributed by atoms with Crippen LogP contribution in [0.25, 0.3) is 0 Å². The molecule has 2 N–H and O–H groups in total. The van der Waals surface area contributed by atoms with Crippen molar-refractivity contribution in [1.82, 2.24) is 10.3 Å². The van der Waals surface area contributed by atoms with Crippen molar-refractivity contribution in [1.29, 1.82) is 0 Å². The summed E-state index contributed by atoms with van der Waals surface area (Å²) in [6.45, 7) is 5.56. The van der Waals surface area contributed by atoms with E-state index < -0.39 is 6.10 Å². The van der Waals surface area contributed by atoms with Gasteiger partial charge < -0.3 is 10.4 Å². The summed E-state index contributed by atoms with van der Waals surface area (Å²) < 4.78 is 0. The Morgan fingerprint density at radius 2 is 2.20 bits per heavy atom. The second kappa shape index (κ2) is 4.89. The number of nitrogens with one attached hydrogen (secondary N) is 1. The lowest BCUT2D eigenvalue weighted by molar-refractivity contribution is 0.0923. The number of carbonyl (C=O) groups excluding carboxylic acids is 1. The fourth-order valence-electron chi connectivity index (χ4n) is 1.26. The Kier molecular flexibility index (Phi) is 3.80. The Morgan fingerprint density at radius 3 is 2.73 bits per heavy atom. The molecule has 1 heterocycles. The van der Waals surface area contributed by atoms with Gasteiger partial charge in [-0.2, -0.15) is 0 Å².